The number of aromatic nitrogens is 1. The molecule has 0 spiro atoms. The maximum Gasteiger partial charge on any atom is 0.193 e. The van der Waals surface area contributed by atoms with Gasteiger partial charge in [0.15, 0.2) is 5.96 Å². The Bertz CT molecular complexity index is 502. The van der Waals surface area contributed by atoms with Crippen LogP contribution in [-0.4, -0.2) is 50.6 Å². The van der Waals surface area contributed by atoms with Crippen molar-refractivity contribution in [3.05, 3.63) is 36.5 Å². The topological polar surface area (TPSA) is 43.8 Å². The van der Waals surface area contributed by atoms with Crippen LogP contribution in [0.3, 0.4) is 0 Å². The molecule has 0 amide bonds. The first-order valence-electron chi connectivity index (χ1n) is 8.24. The quantitative estimate of drug-likeness (QED) is 0.208. The van der Waals surface area contributed by atoms with E-state index in [1.807, 2.05) is 50.3 Å². The molecule has 136 valence electrons. The zero-order valence-electron chi connectivity index (χ0n) is 15.5. The molecular weight excluding hydrogens is 413 g/mol. The molecule has 1 rings (SSSR count). The van der Waals surface area contributed by atoms with Crippen molar-refractivity contribution in [3.63, 3.8) is 0 Å². The number of allylic oxidation sites excluding steroid dienone is 1. The SMILES string of the molecule is C=CCCCCCN(C)C(=NC)NCc1cccc(N(C)C)n1.I. The van der Waals surface area contributed by atoms with Crippen LogP contribution in [0.2, 0.25) is 0 Å². The second kappa shape index (κ2) is 13.0. The van der Waals surface area contributed by atoms with Gasteiger partial charge in [0.25, 0.3) is 0 Å². The molecule has 0 aliphatic heterocycles. The minimum absolute atomic E-state index is 0. The monoisotopic (exact) mass is 445 g/mol. The summed E-state index contributed by atoms with van der Waals surface area (Å²) in [6.07, 6.45) is 6.69. The second-order valence-electron chi connectivity index (χ2n) is 5.84. The number of anilines is 1. The first-order chi connectivity index (χ1) is 11.1. The van der Waals surface area contributed by atoms with Gasteiger partial charge in [-0.05, 0) is 31.4 Å². The highest BCUT2D eigenvalue weighted by atomic mass is 127. The largest absolute Gasteiger partial charge is 0.363 e. The molecule has 1 aromatic heterocycles. The molecule has 6 heteroatoms. The normalized spacial score (nSPS) is 10.8. The predicted octanol–water partition coefficient (Wildman–Crippen LogP) is 3.52. The van der Waals surface area contributed by atoms with Crippen molar-refractivity contribution in [2.45, 2.75) is 32.2 Å². The summed E-state index contributed by atoms with van der Waals surface area (Å²) >= 11 is 0. The predicted molar refractivity (Wildman–Crippen MR) is 115 cm³/mol. The number of nitrogens with one attached hydrogen (secondary N) is 1. The van der Waals surface area contributed by atoms with E-state index in [0.717, 1.165) is 30.4 Å². The molecule has 0 aromatic carbocycles. The van der Waals surface area contributed by atoms with Gasteiger partial charge in [0.2, 0.25) is 0 Å². The van der Waals surface area contributed by atoms with E-state index in [2.05, 4.69) is 33.8 Å². The van der Waals surface area contributed by atoms with E-state index >= 15 is 0 Å². The lowest BCUT2D eigenvalue weighted by molar-refractivity contribution is 0.454. The fraction of sp³-hybridized carbons (Fsp3) is 0.556. The highest BCUT2D eigenvalue weighted by Gasteiger charge is 2.06. The number of pyridine rings is 1. The Morgan fingerprint density at radius 3 is 2.62 bits per heavy atom. The maximum absolute atomic E-state index is 4.61. The van der Waals surface area contributed by atoms with Gasteiger partial charge in [0, 0.05) is 34.7 Å². The molecular formula is C18H32IN5. The van der Waals surface area contributed by atoms with E-state index in [1.165, 1.54) is 19.3 Å². The third kappa shape index (κ3) is 8.52. The molecule has 0 atom stereocenters. The van der Waals surface area contributed by atoms with Crippen molar-refractivity contribution in [1.29, 1.82) is 0 Å². The van der Waals surface area contributed by atoms with Gasteiger partial charge in [-0.2, -0.15) is 0 Å². The summed E-state index contributed by atoms with van der Waals surface area (Å²) in [5.74, 6) is 1.88. The smallest absolute Gasteiger partial charge is 0.193 e. The lowest BCUT2D eigenvalue weighted by Gasteiger charge is -2.22. The Hall–Kier alpha value is -1.31. The zero-order chi connectivity index (χ0) is 17.1. The lowest BCUT2D eigenvalue weighted by atomic mass is 10.2. The van der Waals surface area contributed by atoms with Crippen LogP contribution in [0.15, 0.2) is 35.8 Å². The van der Waals surface area contributed by atoms with Crippen LogP contribution in [0.1, 0.15) is 31.4 Å². The summed E-state index contributed by atoms with van der Waals surface area (Å²) in [6.45, 7) is 5.43. The fourth-order valence-corrected chi connectivity index (χ4v) is 2.29. The standard InChI is InChI=1S/C18H31N5.HI/c1-6-7-8-9-10-14-23(5)18(19-2)20-15-16-12-11-13-17(21-16)22(3)4;/h6,11-13H,1,7-10,14-15H2,2-5H3,(H,19,20);1H. The Morgan fingerprint density at radius 1 is 1.25 bits per heavy atom. The van der Waals surface area contributed by atoms with Crippen LogP contribution in [0, 0.1) is 0 Å². The second-order valence-corrected chi connectivity index (χ2v) is 5.84. The highest BCUT2D eigenvalue weighted by molar-refractivity contribution is 14.0. The zero-order valence-corrected chi connectivity index (χ0v) is 17.8. The van der Waals surface area contributed by atoms with Crippen molar-refractivity contribution in [3.8, 4) is 0 Å². The minimum Gasteiger partial charge on any atom is -0.363 e. The molecule has 0 fully saturated rings. The minimum atomic E-state index is 0. The van der Waals surface area contributed by atoms with E-state index in [0.29, 0.717) is 6.54 Å². The van der Waals surface area contributed by atoms with E-state index in [1.54, 1.807) is 0 Å². The highest BCUT2D eigenvalue weighted by Crippen LogP contribution is 2.08. The summed E-state index contributed by atoms with van der Waals surface area (Å²) in [4.78, 5) is 13.1. The van der Waals surface area contributed by atoms with Gasteiger partial charge < -0.3 is 15.1 Å². The average molecular weight is 445 g/mol. The molecule has 0 unspecified atom stereocenters. The van der Waals surface area contributed by atoms with Crippen LogP contribution >= 0.6 is 24.0 Å². The third-order valence-corrected chi connectivity index (χ3v) is 3.65. The van der Waals surface area contributed by atoms with Gasteiger partial charge in [0.1, 0.15) is 5.82 Å². The molecule has 5 nitrogen and oxygen atoms in total. The van der Waals surface area contributed by atoms with Gasteiger partial charge in [-0.15, -0.1) is 30.6 Å². The van der Waals surface area contributed by atoms with Gasteiger partial charge in [0.05, 0.1) is 12.2 Å². The summed E-state index contributed by atoms with van der Waals surface area (Å²) < 4.78 is 0. The molecule has 1 heterocycles. The van der Waals surface area contributed by atoms with Gasteiger partial charge in [-0.3, -0.25) is 4.99 Å². The molecule has 0 bridgehead atoms. The third-order valence-electron chi connectivity index (χ3n) is 3.65. The average Bonchev–Trinajstić information content (AvgIpc) is 2.55. The van der Waals surface area contributed by atoms with Crippen LogP contribution < -0.4 is 10.2 Å². The molecule has 0 aliphatic carbocycles. The van der Waals surface area contributed by atoms with Gasteiger partial charge >= 0.3 is 0 Å². The summed E-state index contributed by atoms with van der Waals surface area (Å²) in [6, 6.07) is 6.07. The van der Waals surface area contributed by atoms with Crippen molar-refractivity contribution >= 4 is 35.8 Å². The summed E-state index contributed by atoms with van der Waals surface area (Å²) in [7, 11) is 7.89. The number of rotatable bonds is 9. The molecule has 0 saturated carbocycles. The van der Waals surface area contributed by atoms with Gasteiger partial charge in [-0.25, -0.2) is 4.98 Å². The first kappa shape index (κ1) is 22.7. The molecule has 1 aromatic rings. The number of halogens is 1. The fourth-order valence-electron chi connectivity index (χ4n) is 2.29. The molecule has 1 N–H and O–H groups in total. The molecule has 0 saturated heterocycles. The van der Waals surface area contributed by atoms with Crippen molar-refractivity contribution in [2.24, 2.45) is 4.99 Å². The van der Waals surface area contributed by atoms with E-state index < -0.39 is 0 Å². The van der Waals surface area contributed by atoms with Crippen LogP contribution in [0.5, 0.6) is 0 Å². The number of hydrogen-bond acceptors (Lipinski definition) is 3. The molecule has 24 heavy (non-hydrogen) atoms. The Kier molecular flexibility index (Phi) is 12.3. The number of nitrogens with zero attached hydrogens (tertiary/aromatic N) is 4. The lowest BCUT2D eigenvalue weighted by Crippen LogP contribution is -2.39. The first-order valence-corrected chi connectivity index (χ1v) is 8.24. The number of guanidine groups is 1. The van der Waals surface area contributed by atoms with E-state index in [-0.39, 0.29) is 24.0 Å². The Morgan fingerprint density at radius 2 is 2.00 bits per heavy atom. The van der Waals surface area contributed by atoms with E-state index in [9.17, 15) is 0 Å². The Labute approximate surface area is 164 Å². The van der Waals surface area contributed by atoms with Crippen molar-refractivity contribution in [1.82, 2.24) is 15.2 Å². The molecule has 0 aliphatic rings. The summed E-state index contributed by atoms with van der Waals surface area (Å²) in [5, 5.41) is 3.38. The van der Waals surface area contributed by atoms with Gasteiger partial charge in [-0.1, -0.05) is 18.6 Å². The Balaban J connectivity index is 0.00000529. The number of hydrogen-bond donors (Lipinski definition) is 1. The van der Waals surface area contributed by atoms with Crippen molar-refractivity contribution < 1.29 is 0 Å². The number of aliphatic imine (C=N–C) groups is 1. The van der Waals surface area contributed by atoms with Crippen molar-refractivity contribution in [2.75, 3.05) is 39.6 Å². The maximum atomic E-state index is 4.61. The van der Waals surface area contributed by atoms with Crippen LogP contribution in [-0.2, 0) is 6.54 Å². The molecule has 0 radical (unpaired) electrons. The van der Waals surface area contributed by atoms with Crippen LogP contribution in [0.4, 0.5) is 5.82 Å². The number of unbranched alkanes of at least 4 members (excludes halogenated alkanes) is 3. The van der Waals surface area contributed by atoms with Crippen LogP contribution in [0.25, 0.3) is 0 Å². The summed E-state index contributed by atoms with van der Waals surface area (Å²) in [5.41, 5.74) is 1.01. The van der Waals surface area contributed by atoms with E-state index in [4.69, 9.17) is 0 Å².